The van der Waals surface area contributed by atoms with Gasteiger partial charge in [0.15, 0.2) is 0 Å². The molecule has 1 amide bonds. The molecule has 228 valence electrons. The lowest BCUT2D eigenvalue weighted by Gasteiger charge is -2.68. The zero-order chi connectivity index (χ0) is 30.1. The molecule has 5 heteroatoms. The maximum absolute atomic E-state index is 12.7. The molecule has 5 unspecified atom stereocenters. The molecule has 1 N–H and O–H groups in total. The summed E-state index contributed by atoms with van der Waals surface area (Å²) in [6, 6.07) is 8.05. The lowest BCUT2D eigenvalue weighted by Crippen LogP contribution is -2.64. The molecular weight excluding hydrogens is 586 g/mol. The summed E-state index contributed by atoms with van der Waals surface area (Å²) in [5.41, 5.74) is 3.87. The van der Waals surface area contributed by atoms with E-state index in [-0.39, 0.29) is 28.2 Å². The Morgan fingerprint density at radius 3 is 2.36 bits per heavy atom. The fourth-order valence-corrected chi connectivity index (χ4v) is 12.3. The maximum Gasteiger partial charge on any atom is 0.337 e. The molecule has 0 bridgehead atoms. The van der Waals surface area contributed by atoms with Gasteiger partial charge >= 0.3 is 5.97 Å². The summed E-state index contributed by atoms with van der Waals surface area (Å²) in [5.74, 6) is 3.58. The van der Waals surface area contributed by atoms with Crippen LogP contribution >= 0.6 is 15.9 Å². The van der Waals surface area contributed by atoms with Crippen molar-refractivity contribution in [2.75, 3.05) is 12.4 Å². The molecule has 1 aromatic carbocycles. The number of benzene rings is 1. The van der Waals surface area contributed by atoms with Gasteiger partial charge < -0.3 is 10.1 Å². The Balaban J connectivity index is 1.30. The number of carbonyl (C=O) groups excluding carboxylic acids is 2. The van der Waals surface area contributed by atoms with Crippen LogP contribution < -0.4 is 5.32 Å². The number of ether oxygens (including phenoxy) is 1. The zero-order valence-corrected chi connectivity index (χ0v) is 27.9. The molecule has 0 heterocycles. The smallest absolute Gasteiger partial charge is 0.337 e. The van der Waals surface area contributed by atoms with Crippen molar-refractivity contribution < 1.29 is 14.3 Å². The number of carbonyl (C=O) groups is 2. The summed E-state index contributed by atoms with van der Waals surface area (Å²) in [4.78, 5) is 24.7. The lowest BCUT2D eigenvalue weighted by atomic mass is 9.36. The van der Waals surface area contributed by atoms with Crippen molar-refractivity contribution in [2.45, 2.75) is 91.0 Å². The van der Waals surface area contributed by atoms with Gasteiger partial charge in [-0.3, -0.25) is 4.79 Å². The van der Waals surface area contributed by atoms with Gasteiger partial charge in [-0.25, -0.2) is 4.79 Å². The van der Waals surface area contributed by atoms with Crippen LogP contribution in [0, 0.1) is 51.8 Å². The Morgan fingerprint density at radius 1 is 0.976 bits per heavy atom. The fourth-order valence-electron chi connectivity index (χ4n) is 12.1. The summed E-state index contributed by atoms with van der Waals surface area (Å²) in [5, 5.41) is 3.94. The number of hydrogen-bond acceptors (Lipinski definition) is 3. The average molecular weight is 637 g/mol. The maximum atomic E-state index is 12.7. The number of fused-ring (bicyclic) bond motifs is 7. The van der Waals surface area contributed by atoms with E-state index in [1.807, 2.05) is 12.1 Å². The molecule has 9 atom stereocenters. The van der Waals surface area contributed by atoms with Crippen molar-refractivity contribution >= 4 is 33.4 Å². The highest BCUT2D eigenvalue weighted by molar-refractivity contribution is 9.09. The van der Waals surface area contributed by atoms with Gasteiger partial charge in [-0.1, -0.05) is 67.9 Å². The molecule has 5 aliphatic carbocycles. The third kappa shape index (κ3) is 4.33. The Morgan fingerprint density at radius 2 is 1.69 bits per heavy atom. The molecule has 0 aliphatic heterocycles. The quantitative estimate of drug-likeness (QED) is 0.200. The van der Waals surface area contributed by atoms with Crippen LogP contribution in [0.3, 0.4) is 0 Å². The van der Waals surface area contributed by atoms with Gasteiger partial charge in [0.05, 0.1) is 18.0 Å². The number of hydrogen-bond donors (Lipinski definition) is 1. The minimum absolute atomic E-state index is 0.0525. The Labute approximate surface area is 261 Å². The summed E-state index contributed by atoms with van der Waals surface area (Å²) in [6.45, 7) is 14.5. The normalized spacial score (nSPS) is 41.7. The van der Waals surface area contributed by atoms with Crippen LogP contribution in [-0.2, 0) is 9.53 Å². The van der Waals surface area contributed by atoms with Crippen molar-refractivity contribution in [2.24, 2.45) is 51.8 Å². The van der Waals surface area contributed by atoms with Gasteiger partial charge in [-0.2, -0.15) is 0 Å². The van der Waals surface area contributed by atoms with E-state index in [4.69, 9.17) is 4.74 Å². The van der Waals surface area contributed by atoms with E-state index in [2.05, 4.69) is 79.8 Å². The number of esters is 1. The van der Waals surface area contributed by atoms with Gasteiger partial charge in [-0.15, -0.1) is 6.58 Å². The first-order valence-corrected chi connectivity index (χ1v) is 17.5. The number of rotatable bonds is 5. The topological polar surface area (TPSA) is 55.4 Å². The van der Waals surface area contributed by atoms with E-state index in [9.17, 15) is 9.59 Å². The lowest BCUT2D eigenvalue weighted by molar-refractivity contribution is -0.175. The second-order valence-electron chi connectivity index (χ2n) is 15.5. The Hall–Kier alpha value is -1.88. The van der Waals surface area contributed by atoms with Gasteiger partial charge in [0.25, 0.3) is 0 Å². The van der Waals surface area contributed by atoms with Crippen molar-refractivity contribution in [3.8, 4) is 0 Å². The predicted octanol–water partition coefficient (Wildman–Crippen LogP) is 8.61. The first-order chi connectivity index (χ1) is 19.9. The van der Waals surface area contributed by atoms with Crippen molar-refractivity contribution in [3.63, 3.8) is 0 Å². The highest BCUT2D eigenvalue weighted by Crippen LogP contribution is 2.72. The molecule has 42 heavy (non-hydrogen) atoms. The summed E-state index contributed by atoms with van der Waals surface area (Å²) >= 11 is 3.41. The summed E-state index contributed by atoms with van der Waals surface area (Å²) < 4.78 is 4.93. The van der Waals surface area contributed by atoms with Crippen LogP contribution in [-0.4, -0.2) is 29.9 Å². The first kappa shape index (κ1) is 30.2. The SMILES string of the molecule is C=C[C@@H]1CC[C@]2(NC(=O)CBr)CCC3C(CCC4[C@@]3(C)CCC3C(C)(C)C(c5ccc(C(=O)OC)cc5)=CC[C@@]34C)C12. The van der Waals surface area contributed by atoms with Gasteiger partial charge in [0.1, 0.15) is 0 Å². The van der Waals surface area contributed by atoms with Crippen LogP contribution in [0.2, 0.25) is 0 Å². The number of amides is 1. The molecule has 0 spiro atoms. The Kier molecular flexibility index (Phi) is 7.63. The number of methoxy groups -OCH3 is 1. The van der Waals surface area contributed by atoms with Crippen LogP contribution in [0.1, 0.15) is 101 Å². The second-order valence-corrected chi connectivity index (χ2v) is 16.0. The molecule has 0 aromatic heterocycles. The van der Waals surface area contributed by atoms with Gasteiger partial charge in [0.2, 0.25) is 5.91 Å². The summed E-state index contributed by atoms with van der Waals surface area (Å²) in [6.07, 6.45) is 15.6. The Bertz CT molecular complexity index is 1280. The van der Waals surface area contributed by atoms with E-state index < -0.39 is 0 Å². The molecule has 0 saturated heterocycles. The predicted molar refractivity (Wildman–Crippen MR) is 173 cm³/mol. The standard InChI is InChI=1S/C37H50BrNO3/c1-7-23-14-20-37(39-31(40)22-38)21-16-28-26(32(23)37)12-13-30-35(28,4)19-17-29-34(2,3)27(15-18-36(29,30)5)24-8-10-25(11-9-24)33(41)42-6/h7-11,15,23,26,28-30,32H,1,12-14,16-22H2,2-6H3,(H,39,40)/t23-,26?,28?,29?,30?,32?,35+,36+,37+/m1/s1. The first-order valence-electron chi connectivity index (χ1n) is 16.3. The van der Waals surface area contributed by atoms with Crippen molar-refractivity contribution in [3.05, 3.63) is 54.1 Å². The highest BCUT2D eigenvalue weighted by atomic mass is 79.9. The molecule has 4 saturated carbocycles. The monoisotopic (exact) mass is 635 g/mol. The molecule has 5 aliphatic rings. The van der Waals surface area contributed by atoms with Gasteiger partial charge in [-0.05, 0) is 133 Å². The highest BCUT2D eigenvalue weighted by Gasteiger charge is 2.66. The van der Waals surface area contributed by atoms with E-state index in [0.717, 1.165) is 25.7 Å². The number of alkyl halides is 1. The minimum Gasteiger partial charge on any atom is -0.465 e. The van der Waals surface area contributed by atoms with E-state index >= 15 is 0 Å². The fraction of sp³-hybridized carbons (Fsp3) is 0.676. The van der Waals surface area contributed by atoms with Crippen LogP contribution in [0.15, 0.2) is 43.0 Å². The van der Waals surface area contributed by atoms with E-state index in [1.165, 1.54) is 50.4 Å². The molecule has 6 rings (SSSR count). The zero-order valence-electron chi connectivity index (χ0n) is 26.3. The largest absolute Gasteiger partial charge is 0.465 e. The molecular formula is C37H50BrNO3. The third-order valence-corrected chi connectivity index (χ3v) is 14.1. The van der Waals surface area contributed by atoms with Crippen molar-refractivity contribution in [1.29, 1.82) is 0 Å². The number of halogens is 1. The molecule has 4 nitrogen and oxygen atoms in total. The van der Waals surface area contributed by atoms with Crippen LogP contribution in [0.4, 0.5) is 0 Å². The minimum atomic E-state index is -0.282. The third-order valence-electron chi connectivity index (χ3n) is 13.6. The molecule has 0 radical (unpaired) electrons. The molecule has 4 fully saturated rings. The average Bonchev–Trinajstić information content (AvgIpc) is 3.35. The molecule has 1 aromatic rings. The van der Waals surface area contributed by atoms with Crippen molar-refractivity contribution in [1.82, 2.24) is 5.32 Å². The van der Waals surface area contributed by atoms with Gasteiger partial charge in [0, 0.05) is 5.54 Å². The second kappa shape index (κ2) is 10.6. The number of nitrogens with one attached hydrogen (secondary N) is 1. The summed E-state index contributed by atoms with van der Waals surface area (Å²) in [7, 11) is 1.44. The van der Waals surface area contributed by atoms with Crippen LogP contribution in [0.25, 0.3) is 5.57 Å². The van der Waals surface area contributed by atoms with Crippen LogP contribution in [0.5, 0.6) is 0 Å². The van der Waals surface area contributed by atoms with E-state index in [1.54, 1.807) is 0 Å². The van der Waals surface area contributed by atoms with E-state index in [0.29, 0.717) is 51.8 Å². The number of allylic oxidation sites excluding steroid dienone is 3.